The first kappa shape index (κ1) is 12.7. The van der Waals surface area contributed by atoms with Crippen molar-refractivity contribution in [2.24, 2.45) is 11.8 Å². The molecule has 0 bridgehead atoms. The lowest BCUT2D eigenvalue weighted by molar-refractivity contribution is -0.139. The van der Waals surface area contributed by atoms with Gasteiger partial charge in [-0.2, -0.15) is 0 Å². The molecule has 0 fully saturated rings. The van der Waals surface area contributed by atoms with Crippen LogP contribution in [0.15, 0.2) is 12.5 Å². The molecule has 0 saturated heterocycles. The molecule has 4 nitrogen and oxygen atoms in total. The lowest BCUT2D eigenvalue weighted by atomic mass is 9.93. The van der Waals surface area contributed by atoms with Crippen molar-refractivity contribution >= 4 is 12.2 Å². The van der Waals surface area contributed by atoms with Gasteiger partial charge in [0.15, 0.2) is 6.29 Å². The van der Waals surface area contributed by atoms with Crippen LogP contribution in [0.4, 0.5) is 0 Å². The van der Waals surface area contributed by atoms with Crippen LogP contribution in [0.2, 0.25) is 0 Å². The van der Waals surface area contributed by atoms with Gasteiger partial charge in [0.05, 0.1) is 0 Å². The standard InChI is InChI=1S/C12H19NO3/c1-9(2)10(3)4-5-11(15)13-6-7-16-12(13)8-14/h6-10,12H,4-5H2,1-3H3. The minimum Gasteiger partial charge on any atom is -0.469 e. The Labute approximate surface area is 96.3 Å². The fraction of sp³-hybridized carbons (Fsp3) is 0.667. The second kappa shape index (κ2) is 5.68. The Morgan fingerprint density at radius 1 is 1.50 bits per heavy atom. The Balaban J connectivity index is 2.40. The largest absolute Gasteiger partial charge is 0.469 e. The van der Waals surface area contributed by atoms with Crippen molar-refractivity contribution in [3.8, 4) is 0 Å². The minimum absolute atomic E-state index is 0.0571. The van der Waals surface area contributed by atoms with Gasteiger partial charge in [-0.15, -0.1) is 0 Å². The van der Waals surface area contributed by atoms with E-state index in [1.54, 1.807) is 0 Å². The van der Waals surface area contributed by atoms with Crippen LogP contribution < -0.4 is 0 Å². The molecule has 1 rings (SSSR count). The van der Waals surface area contributed by atoms with E-state index in [1.807, 2.05) is 0 Å². The minimum atomic E-state index is -0.762. The molecule has 0 aliphatic carbocycles. The van der Waals surface area contributed by atoms with E-state index in [9.17, 15) is 9.59 Å². The number of nitrogens with zero attached hydrogens (tertiary/aromatic N) is 1. The fourth-order valence-corrected chi connectivity index (χ4v) is 1.47. The summed E-state index contributed by atoms with van der Waals surface area (Å²) in [5, 5.41) is 0. The van der Waals surface area contributed by atoms with Crippen LogP contribution in [-0.2, 0) is 14.3 Å². The van der Waals surface area contributed by atoms with Crippen molar-refractivity contribution < 1.29 is 14.3 Å². The number of hydrogen-bond acceptors (Lipinski definition) is 3. The molecular weight excluding hydrogens is 206 g/mol. The monoisotopic (exact) mass is 225 g/mol. The molecule has 1 heterocycles. The fourth-order valence-electron chi connectivity index (χ4n) is 1.47. The van der Waals surface area contributed by atoms with Crippen LogP contribution in [0.1, 0.15) is 33.6 Å². The summed E-state index contributed by atoms with van der Waals surface area (Å²) < 4.78 is 4.95. The normalized spacial score (nSPS) is 21.0. The van der Waals surface area contributed by atoms with E-state index >= 15 is 0 Å². The van der Waals surface area contributed by atoms with Gasteiger partial charge in [0, 0.05) is 12.6 Å². The highest BCUT2D eigenvalue weighted by Crippen LogP contribution is 2.18. The van der Waals surface area contributed by atoms with Gasteiger partial charge in [-0.1, -0.05) is 20.8 Å². The first-order valence-electron chi connectivity index (χ1n) is 5.65. The van der Waals surface area contributed by atoms with Gasteiger partial charge in [0.1, 0.15) is 6.26 Å². The molecule has 0 spiro atoms. The number of aldehydes is 1. The molecule has 0 saturated carbocycles. The third-order valence-corrected chi connectivity index (χ3v) is 3.07. The van der Waals surface area contributed by atoms with Gasteiger partial charge in [-0.05, 0) is 18.3 Å². The second-order valence-corrected chi connectivity index (χ2v) is 4.51. The average molecular weight is 225 g/mol. The summed E-state index contributed by atoms with van der Waals surface area (Å²) >= 11 is 0. The summed E-state index contributed by atoms with van der Waals surface area (Å²) in [6.45, 7) is 6.41. The molecule has 0 aromatic heterocycles. The molecule has 0 N–H and O–H groups in total. The molecule has 0 radical (unpaired) electrons. The van der Waals surface area contributed by atoms with E-state index in [4.69, 9.17) is 4.74 Å². The number of ether oxygens (including phenoxy) is 1. The van der Waals surface area contributed by atoms with Crippen molar-refractivity contribution in [1.29, 1.82) is 0 Å². The zero-order chi connectivity index (χ0) is 12.1. The van der Waals surface area contributed by atoms with E-state index in [0.717, 1.165) is 6.42 Å². The maximum Gasteiger partial charge on any atom is 0.233 e. The number of rotatable bonds is 5. The van der Waals surface area contributed by atoms with E-state index in [2.05, 4.69) is 20.8 Å². The van der Waals surface area contributed by atoms with Crippen LogP contribution in [0.25, 0.3) is 0 Å². The molecule has 16 heavy (non-hydrogen) atoms. The van der Waals surface area contributed by atoms with Crippen LogP contribution in [0.3, 0.4) is 0 Å². The average Bonchev–Trinajstić information content (AvgIpc) is 2.73. The van der Waals surface area contributed by atoms with Crippen molar-refractivity contribution in [3.05, 3.63) is 12.5 Å². The Morgan fingerprint density at radius 2 is 2.19 bits per heavy atom. The van der Waals surface area contributed by atoms with Crippen molar-refractivity contribution in [2.75, 3.05) is 0 Å². The third-order valence-electron chi connectivity index (χ3n) is 3.07. The molecule has 0 aromatic carbocycles. The van der Waals surface area contributed by atoms with Gasteiger partial charge >= 0.3 is 0 Å². The quantitative estimate of drug-likeness (QED) is 0.671. The maximum absolute atomic E-state index is 11.8. The molecule has 2 atom stereocenters. The summed E-state index contributed by atoms with van der Waals surface area (Å²) in [6, 6.07) is 0. The summed E-state index contributed by atoms with van der Waals surface area (Å²) in [5.74, 6) is 1.02. The van der Waals surface area contributed by atoms with Crippen molar-refractivity contribution in [2.45, 2.75) is 39.8 Å². The van der Waals surface area contributed by atoms with Gasteiger partial charge in [0.25, 0.3) is 0 Å². The van der Waals surface area contributed by atoms with Gasteiger partial charge in [-0.25, -0.2) is 0 Å². The van der Waals surface area contributed by atoms with E-state index in [1.165, 1.54) is 17.4 Å². The van der Waals surface area contributed by atoms with E-state index < -0.39 is 6.23 Å². The highest BCUT2D eigenvalue weighted by molar-refractivity contribution is 5.80. The summed E-state index contributed by atoms with van der Waals surface area (Å²) in [7, 11) is 0. The topological polar surface area (TPSA) is 46.6 Å². The highest BCUT2D eigenvalue weighted by Gasteiger charge is 2.25. The van der Waals surface area contributed by atoms with Crippen molar-refractivity contribution in [1.82, 2.24) is 4.90 Å². The lowest BCUT2D eigenvalue weighted by Gasteiger charge is -2.20. The summed E-state index contributed by atoms with van der Waals surface area (Å²) in [4.78, 5) is 23.7. The first-order valence-corrected chi connectivity index (χ1v) is 5.65. The van der Waals surface area contributed by atoms with E-state index in [-0.39, 0.29) is 5.91 Å². The highest BCUT2D eigenvalue weighted by atomic mass is 16.5. The summed E-state index contributed by atoms with van der Waals surface area (Å²) in [6.07, 6.45) is 4.06. The zero-order valence-electron chi connectivity index (χ0n) is 10.1. The first-order chi connectivity index (χ1) is 7.56. The van der Waals surface area contributed by atoms with Crippen LogP contribution in [-0.4, -0.2) is 23.3 Å². The number of amides is 1. The molecule has 1 aliphatic rings. The molecule has 1 amide bonds. The predicted octanol–water partition coefficient (Wildman–Crippen LogP) is 1.91. The Hall–Kier alpha value is -1.32. The lowest BCUT2D eigenvalue weighted by Crippen LogP contribution is -2.35. The molecule has 0 aromatic rings. The Bertz CT molecular complexity index is 286. The molecule has 4 heteroatoms. The van der Waals surface area contributed by atoms with E-state index in [0.29, 0.717) is 24.5 Å². The Morgan fingerprint density at radius 3 is 2.75 bits per heavy atom. The van der Waals surface area contributed by atoms with Gasteiger partial charge < -0.3 is 4.74 Å². The number of hydrogen-bond donors (Lipinski definition) is 0. The number of carbonyl (C=O) groups excluding carboxylic acids is 2. The van der Waals surface area contributed by atoms with Gasteiger partial charge in [0.2, 0.25) is 12.1 Å². The molecule has 2 unspecified atom stereocenters. The predicted molar refractivity (Wildman–Crippen MR) is 60.2 cm³/mol. The Kier molecular flexibility index (Phi) is 4.52. The molecule has 1 aliphatic heterocycles. The zero-order valence-corrected chi connectivity index (χ0v) is 10.1. The van der Waals surface area contributed by atoms with Gasteiger partial charge in [-0.3, -0.25) is 14.5 Å². The maximum atomic E-state index is 11.8. The molecular formula is C12H19NO3. The summed E-state index contributed by atoms with van der Waals surface area (Å²) in [5.41, 5.74) is 0. The molecule has 90 valence electrons. The van der Waals surface area contributed by atoms with Crippen LogP contribution >= 0.6 is 0 Å². The van der Waals surface area contributed by atoms with Crippen LogP contribution in [0, 0.1) is 11.8 Å². The van der Waals surface area contributed by atoms with Crippen molar-refractivity contribution in [3.63, 3.8) is 0 Å². The van der Waals surface area contributed by atoms with Crippen LogP contribution in [0.5, 0.6) is 0 Å². The third kappa shape index (κ3) is 3.08. The second-order valence-electron chi connectivity index (χ2n) is 4.51. The SMILES string of the molecule is CC(C)C(C)CCC(=O)N1C=COC1C=O. The smallest absolute Gasteiger partial charge is 0.233 e. The number of carbonyl (C=O) groups is 2.